The van der Waals surface area contributed by atoms with E-state index in [-0.39, 0.29) is 25.0 Å². The van der Waals surface area contributed by atoms with E-state index in [1.54, 1.807) is 0 Å². The molecule has 15 nitrogen and oxygen atoms in total. The highest BCUT2D eigenvalue weighted by molar-refractivity contribution is 5.95. The fraction of sp³-hybridized carbons (Fsp3) is 0.500. The summed E-state index contributed by atoms with van der Waals surface area (Å²) >= 11 is 0. The summed E-state index contributed by atoms with van der Waals surface area (Å²) in [5.74, 6) is -5.80. The van der Waals surface area contributed by atoms with E-state index in [2.05, 4.69) is 16.0 Å². The Labute approximate surface area is 225 Å². The van der Waals surface area contributed by atoms with Gasteiger partial charge in [0.1, 0.15) is 23.9 Å². The molecule has 0 bridgehead atoms. The van der Waals surface area contributed by atoms with Gasteiger partial charge in [-0.3, -0.25) is 24.0 Å². The van der Waals surface area contributed by atoms with Crippen LogP contribution < -0.4 is 38.9 Å². The minimum atomic E-state index is -1.68. The molecule has 1 aromatic carbocycles. The third kappa shape index (κ3) is 12.7. The van der Waals surface area contributed by atoms with Crippen molar-refractivity contribution in [3.63, 3.8) is 0 Å². The van der Waals surface area contributed by atoms with Gasteiger partial charge in [-0.25, -0.2) is 4.79 Å². The zero-order valence-corrected chi connectivity index (χ0v) is 21.4. The molecular weight excluding hydrogens is 514 g/mol. The molecular formula is C24H37N7O8. The molecule has 0 fully saturated rings. The Morgan fingerprint density at radius 1 is 0.769 bits per heavy atom. The second-order valence-corrected chi connectivity index (χ2v) is 8.96. The number of carbonyl (C=O) groups excluding carboxylic acids is 5. The molecule has 0 aromatic heterocycles. The molecule has 0 aliphatic heterocycles. The molecule has 1 rings (SSSR count). The maximum absolute atomic E-state index is 13.3. The van der Waals surface area contributed by atoms with Crippen LogP contribution in [0.3, 0.4) is 0 Å². The Balaban J connectivity index is 3.14. The SMILES string of the molecule is NCCCCC(N)C(=O)NC(Cc1ccc(O)cc1)C(=O)NC(CCC(N)=O)C(=O)NC(CC(N)=O)C(=O)O. The zero-order valence-electron chi connectivity index (χ0n) is 21.4. The van der Waals surface area contributed by atoms with Gasteiger partial charge < -0.3 is 49.1 Å². The highest BCUT2D eigenvalue weighted by atomic mass is 16.4. The van der Waals surface area contributed by atoms with Gasteiger partial charge >= 0.3 is 5.97 Å². The number of hydrogen-bond donors (Lipinski definition) is 9. The smallest absolute Gasteiger partial charge is 0.326 e. The van der Waals surface area contributed by atoms with Crippen LogP contribution in [0.4, 0.5) is 0 Å². The highest BCUT2D eigenvalue weighted by Crippen LogP contribution is 2.12. The summed E-state index contributed by atoms with van der Waals surface area (Å²) in [6, 6.07) is 0.525. The van der Waals surface area contributed by atoms with Crippen molar-refractivity contribution in [3.8, 4) is 5.75 Å². The average Bonchev–Trinajstić information content (AvgIpc) is 2.86. The number of nitrogens with one attached hydrogen (secondary N) is 3. The van der Waals surface area contributed by atoms with Crippen LogP contribution >= 0.6 is 0 Å². The molecule has 0 saturated heterocycles. The summed E-state index contributed by atoms with van der Waals surface area (Å²) in [6.07, 6.45) is 0.154. The minimum Gasteiger partial charge on any atom is -0.508 e. The van der Waals surface area contributed by atoms with Gasteiger partial charge in [0, 0.05) is 12.8 Å². The number of unbranched alkanes of at least 4 members (excludes halogenated alkanes) is 1. The van der Waals surface area contributed by atoms with Gasteiger partial charge in [-0.2, -0.15) is 0 Å². The first-order valence-electron chi connectivity index (χ1n) is 12.3. The number of carboxylic acids is 1. The molecule has 216 valence electrons. The van der Waals surface area contributed by atoms with E-state index < -0.39 is 66.1 Å². The first kappa shape index (κ1) is 32.8. The average molecular weight is 552 g/mol. The van der Waals surface area contributed by atoms with E-state index in [1.807, 2.05) is 0 Å². The van der Waals surface area contributed by atoms with Gasteiger partial charge in [0.25, 0.3) is 0 Å². The van der Waals surface area contributed by atoms with Crippen LogP contribution in [0.25, 0.3) is 0 Å². The molecule has 4 atom stereocenters. The Hall–Kier alpha value is -4.24. The number of primary amides is 2. The van der Waals surface area contributed by atoms with E-state index in [9.17, 15) is 39.0 Å². The quantitative estimate of drug-likeness (QED) is 0.0837. The molecule has 0 saturated carbocycles. The first-order valence-corrected chi connectivity index (χ1v) is 12.3. The molecule has 0 aliphatic carbocycles. The summed E-state index contributed by atoms with van der Waals surface area (Å²) in [5.41, 5.74) is 22.2. The number of aliphatic carboxylic acids is 1. The summed E-state index contributed by atoms with van der Waals surface area (Å²) in [6.45, 7) is 0.428. The molecule has 0 heterocycles. The van der Waals surface area contributed by atoms with E-state index in [1.165, 1.54) is 24.3 Å². The molecule has 0 spiro atoms. The normalized spacial score (nSPS) is 13.8. The Bertz CT molecular complexity index is 1020. The Morgan fingerprint density at radius 3 is 1.87 bits per heavy atom. The second-order valence-electron chi connectivity index (χ2n) is 8.96. The lowest BCUT2D eigenvalue weighted by Crippen LogP contribution is -2.58. The van der Waals surface area contributed by atoms with Gasteiger partial charge in [0.2, 0.25) is 29.5 Å². The second kappa shape index (κ2) is 16.6. The summed E-state index contributed by atoms with van der Waals surface area (Å²) in [7, 11) is 0. The van der Waals surface area contributed by atoms with Crippen LogP contribution in [0, 0.1) is 0 Å². The number of phenolic OH excluding ortho intramolecular Hbond substituents is 1. The van der Waals surface area contributed by atoms with Crippen molar-refractivity contribution < 1.29 is 39.0 Å². The zero-order chi connectivity index (χ0) is 29.5. The maximum atomic E-state index is 13.3. The molecule has 4 unspecified atom stereocenters. The predicted octanol–water partition coefficient (Wildman–Crippen LogP) is -2.93. The number of phenols is 1. The lowest BCUT2D eigenvalue weighted by atomic mass is 10.0. The molecule has 0 radical (unpaired) electrons. The molecule has 5 amide bonds. The van der Waals surface area contributed by atoms with Crippen molar-refractivity contribution in [2.24, 2.45) is 22.9 Å². The van der Waals surface area contributed by atoms with Gasteiger partial charge in [-0.15, -0.1) is 0 Å². The van der Waals surface area contributed by atoms with E-state index >= 15 is 0 Å². The van der Waals surface area contributed by atoms with Crippen LogP contribution in [0.15, 0.2) is 24.3 Å². The van der Waals surface area contributed by atoms with Crippen molar-refractivity contribution in [1.82, 2.24) is 16.0 Å². The van der Waals surface area contributed by atoms with E-state index in [0.717, 1.165) is 0 Å². The minimum absolute atomic E-state index is 0.0159. The molecule has 13 N–H and O–H groups in total. The van der Waals surface area contributed by atoms with Gasteiger partial charge in [0.05, 0.1) is 12.5 Å². The van der Waals surface area contributed by atoms with Crippen molar-refractivity contribution in [3.05, 3.63) is 29.8 Å². The number of rotatable bonds is 18. The largest absolute Gasteiger partial charge is 0.508 e. The summed E-state index contributed by atoms with van der Waals surface area (Å²) in [4.78, 5) is 72.8. The third-order valence-corrected chi connectivity index (χ3v) is 5.65. The van der Waals surface area contributed by atoms with Crippen molar-refractivity contribution >= 4 is 35.5 Å². The monoisotopic (exact) mass is 551 g/mol. The summed E-state index contributed by atoms with van der Waals surface area (Å²) < 4.78 is 0. The third-order valence-electron chi connectivity index (χ3n) is 5.65. The molecule has 1 aromatic rings. The van der Waals surface area contributed by atoms with Crippen LogP contribution in [-0.4, -0.2) is 76.4 Å². The topological polar surface area (TPSA) is 283 Å². The van der Waals surface area contributed by atoms with Gasteiger partial charge in [-0.1, -0.05) is 18.6 Å². The fourth-order valence-corrected chi connectivity index (χ4v) is 3.50. The highest BCUT2D eigenvalue weighted by Gasteiger charge is 2.31. The van der Waals surface area contributed by atoms with Gasteiger partial charge in [-0.05, 0) is 43.5 Å². The molecule has 15 heteroatoms. The number of nitrogens with two attached hydrogens (primary N) is 4. The molecule has 39 heavy (non-hydrogen) atoms. The number of aromatic hydroxyl groups is 1. The van der Waals surface area contributed by atoms with Crippen molar-refractivity contribution in [2.45, 2.75) is 69.1 Å². The van der Waals surface area contributed by atoms with Crippen molar-refractivity contribution in [2.75, 3.05) is 6.54 Å². The van der Waals surface area contributed by atoms with Crippen LogP contribution in [0.5, 0.6) is 5.75 Å². The number of hydrogen-bond acceptors (Lipinski definition) is 9. The standard InChI is InChI=1S/C24H37N7O8/c25-10-2-1-3-15(26)21(35)30-17(11-13-4-6-14(32)7-5-13)23(37)29-16(8-9-19(27)33)22(36)31-18(24(38)39)12-20(28)34/h4-7,15-18,32H,1-3,8-12,25-26H2,(H2,27,33)(H2,28,34)(H,29,37)(H,30,35)(H,31,36)(H,38,39). The number of benzene rings is 1. The Kier molecular flexibility index (Phi) is 13.9. The molecule has 0 aliphatic rings. The van der Waals surface area contributed by atoms with Crippen molar-refractivity contribution in [1.29, 1.82) is 0 Å². The Morgan fingerprint density at radius 2 is 1.33 bits per heavy atom. The number of carboxylic acid groups (broad SMARTS) is 1. The van der Waals surface area contributed by atoms with E-state index in [4.69, 9.17) is 22.9 Å². The van der Waals surface area contributed by atoms with Gasteiger partial charge in [0.15, 0.2) is 0 Å². The van der Waals surface area contributed by atoms with Crippen LogP contribution in [0.1, 0.15) is 44.1 Å². The fourth-order valence-electron chi connectivity index (χ4n) is 3.50. The maximum Gasteiger partial charge on any atom is 0.326 e. The number of amides is 5. The lowest BCUT2D eigenvalue weighted by molar-refractivity contribution is -0.144. The predicted molar refractivity (Wildman–Crippen MR) is 138 cm³/mol. The van der Waals surface area contributed by atoms with Crippen LogP contribution in [0.2, 0.25) is 0 Å². The lowest BCUT2D eigenvalue weighted by Gasteiger charge is -2.25. The first-order chi connectivity index (χ1) is 18.3. The van der Waals surface area contributed by atoms with Crippen LogP contribution in [-0.2, 0) is 35.2 Å². The summed E-state index contributed by atoms with van der Waals surface area (Å²) in [5, 5.41) is 25.9. The van der Waals surface area contributed by atoms with E-state index in [0.29, 0.717) is 31.4 Å². The number of carbonyl (C=O) groups is 6.